The van der Waals surface area contributed by atoms with Gasteiger partial charge in [-0.3, -0.25) is 0 Å². The van der Waals surface area contributed by atoms with Crippen LogP contribution in [-0.4, -0.2) is 34.5 Å². The molecule has 0 unspecified atom stereocenters. The van der Waals surface area contributed by atoms with Gasteiger partial charge in [-0.15, -0.1) is 0 Å². The van der Waals surface area contributed by atoms with Crippen molar-refractivity contribution in [3.8, 4) is 0 Å². The minimum absolute atomic E-state index is 0.342. The lowest BCUT2D eigenvalue weighted by Gasteiger charge is -2.10. The summed E-state index contributed by atoms with van der Waals surface area (Å²) in [5.41, 5.74) is 1.05. The Labute approximate surface area is 103 Å². The van der Waals surface area contributed by atoms with E-state index >= 15 is 0 Å². The molecule has 1 aromatic heterocycles. The van der Waals surface area contributed by atoms with E-state index in [2.05, 4.69) is 35.8 Å². The maximum atomic E-state index is 5.39. The van der Waals surface area contributed by atoms with Gasteiger partial charge in [-0.25, -0.2) is 9.67 Å². The van der Waals surface area contributed by atoms with E-state index < -0.39 is 0 Å². The predicted octanol–water partition coefficient (Wildman–Crippen LogP) is 1.54. The lowest BCUT2D eigenvalue weighted by molar-refractivity contribution is 0.157. The Morgan fingerprint density at radius 1 is 1.59 bits per heavy atom. The highest BCUT2D eigenvalue weighted by atomic mass is 16.5. The lowest BCUT2D eigenvalue weighted by atomic mass is 10.4. The third-order valence-corrected chi connectivity index (χ3v) is 2.19. The first-order valence-electron chi connectivity index (χ1n) is 5.92. The number of nitrogens with one attached hydrogen (secondary N) is 1. The highest BCUT2D eigenvalue weighted by molar-refractivity contribution is 4.87. The van der Waals surface area contributed by atoms with Crippen molar-refractivity contribution in [1.29, 1.82) is 0 Å². The van der Waals surface area contributed by atoms with Gasteiger partial charge in [0.25, 0.3) is 0 Å². The molecule has 0 spiro atoms. The zero-order valence-electron chi connectivity index (χ0n) is 10.9. The summed E-state index contributed by atoms with van der Waals surface area (Å²) >= 11 is 0. The van der Waals surface area contributed by atoms with Crippen molar-refractivity contribution >= 4 is 0 Å². The van der Waals surface area contributed by atoms with E-state index in [0.29, 0.717) is 25.8 Å². The molecule has 1 aromatic rings. The molecule has 0 radical (unpaired) electrons. The van der Waals surface area contributed by atoms with Crippen molar-refractivity contribution in [3.05, 3.63) is 24.3 Å². The van der Waals surface area contributed by atoms with E-state index in [-0.39, 0.29) is 0 Å². The highest BCUT2D eigenvalue weighted by Gasteiger charge is 2.06. The summed E-state index contributed by atoms with van der Waals surface area (Å²) in [7, 11) is 0. The van der Waals surface area contributed by atoms with Crippen LogP contribution in [0.25, 0.3) is 0 Å². The summed E-state index contributed by atoms with van der Waals surface area (Å²) in [6.07, 6.45) is 1.59. The molecule has 1 N–H and O–H groups in total. The minimum Gasteiger partial charge on any atom is -0.376 e. The smallest absolute Gasteiger partial charge is 0.141 e. The molecule has 0 aromatic carbocycles. The molecule has 0 bridgehead atoms. The molecule has 5 heteroatoms. The molecule has 0 aliphatic rings. The number of ether oxygens (including phenoxy) is 1. The molecule has 1 rings (SSSR count). The molecule has 0 saturated heterocycles. The molecular weight excluding hydrogens is 216 g/mol. The predicted molar refractivity (Wildman–Crippen MR) is 67.7 cm³/mol. The van der Waals surface area contributed by atoms with E-state index in [4.69, 9.17) is 4.74 Å². The number of nitrogens with zero attached hydrogens (tertiary/aromatic N) is 3. The second-order valence-corrected chi connectivity index (χ2v) is 4.40. The fraction of sp³-hybridized carbons (Fsp3) is 0.667. The van der Waals surface area contributed by atoms with Crippen molar-refractivity contribution in [2.24, 2.45) is 0 Å². The van der Waals surface area contributed by atoms with Crippen molar-refractivity contribution in [3.63, 3.8) is 0 Å². The Morgan fingerprint density at radius 3 is 3.00 bits per heavy atom. The summed E-state index contributed by atoms with van der Waals surface area (Å²) in [4.78, 5) is 4.22. The van der Waals surface area contributed by atoms with Crippen LogP contribution in [0.1, 0.15) is 32.6 Å². The van der Waals surface area contributed by atoms with Gasteiger partial charge in [-0.1, -0.05) is 12.2 Å². The highest BCUT2D eigenvalue weighted by Crippen LogP contribution is 2.04. The third-order valence-electron chi connectivity index (χ3n) is 2.19. The summed E-state index contributed by atoms with van der Waals surface area (Å²) in [5, 5.41) is 7.46. The maximum absolute atomic E-state index is 5.39. The molecule has 0 aliphatic heterocycles. The molecular formula is C12H22N4O. The average molecular weight is 238 g/mol. The number of rotatable bonds is 8. The molecule has 0 saturated carbocycles. The van der Waals surface area contributed by atoms with Crippen LogP contribution in [0, 0.1) is 0 Å². The van der Waals surface area contributed by atoms with Crippen LogP contribution >= 0.6 is 0 Å². The first-order valence-corrected chi connectivity index (χ1v) is 5.92. The Kier molecular flexibility index (Phi) is 5.86. The number of hydrogen-bond acceptors (Lipinski definition) is 4. The normalized spacial score (nSPS) is 11.1. The largest absolute Gasteiger partial charge is 0.376 e. The Bertz CT molecular complexity index is 346. The van der Waals surface area contributed by atoms with Crippen molar-refractivity contribution in [2.75, 3.05) is 19.8 Å². The Morgan fingerprint density at radius 2 is 2.35 bits per heavy atom. The molecule has 0 fully saturated rings. The summed E-state index contributed by atoms with van der Waals surface area (Å²) in [6, 6.07) is 0.342. The molecule has 0 aliphatic carbocycles. The van der Waals surface area contributed by atoms with Gasteiger partial charge < -0.3 is 10.1 Å². The van der Waals surface area contributed by atoms with Crippen LogP contribution < -0.4 is 5.32 Å². The van der Waals surface area contributed by atoms with Crippen LogP contribution in [0.5, 0.6) is 0 Å². The van der Waals surface area contributed by atoms with E-state index in [1.54, 1.807) is 6.33 Å². The SMILES string of the molecule is C=C(C)COCCNCc1ncnn1C(C)C. The van der Waals surface area contributed by atoms with Gasteiger partial charge in [0.1, 0.15) is 12.2 Å². The van der Waals surface area contributed by atoms with Crippen LogP contribution in [0.15, 0.2) is 18.5 Å². The van der Waals surface area contributed by atoms with Gasteiger partial charge in [-0.2, -0.15) is 5.10 Å². The maximum Gasteiger partial charge on any atom is 0.141 e. The fourth-order valence-corrected chi connectivity index (χ4v) is 1.42. The summed E-state index contributed by atoms with van der Waals surface area (Å²) < 4.78 is 7.31. The van der Waals surface area contributed by atoms with Crippen molar-refractivity contribution in [2.45, 2.75) is 33.4 Å². The van der Waals surface area contributed by atoms with Crippen LogP contribution in [0.4, 0.5) is 0 Å². The first kappa shape index (κ1) is 13.9. The Hall–Kier alpha value is -1.20. The van der Waals surface area contributed by atoms with Gasteiger partial charge in [0.15, 0.2) is 0 Å². The molecule has 0 amide bonds. The number of hydrogen-bond donors (Lipinski definition) is 1. The van der Waals surface area contributed by atoms with E-state index in [0.717, 1.165) is 17.9 Å². The van der Waals surface area contributed by atoms with E-state index in [9.17, 15) is 0 Å². The summed E-state index contributed by atoms with van der Waals surface area (Å²) in [6.45, 7) is 12.7. The van der Waals surface area contributed by atoms with Gasteiger partial charge in [0.05, 0.1) is 19.8 Å². The quantitative estimate of drug-likeness (QED) is 0.551. The molecule has 17 heavy (non-hydrogen) atoms. The van der Waals surface area contributed by atoms with Crippen LogP contribution in [0.3, 0.4) is 0 Å². The van der Waals surface area contributed by atoms with Gasteiger partial charge in [0.2, 0.25) is 0 Å². The van der Waals surface area contributed by atoms with Crippen molar-refractivity contribution in [1.82, 2.24) is 20.1 Å². The monoisotopic (exact) mass is 238 g/mol. The van der Waals surface area contributed by atoms with Crippen molar-refractivity contribution < 1.29 is 4.74 Å². The average Bonchev–Trinajstić information content (AvgIpc) is 2.71. The topological polar surface area (TPSA) is 52.0 Å². The van der Waals surface area contributed by atoms with Gasteiger partial charge in [0, 0.05) is 12.6 Å². The van der Waals surface area contributed by atoms with E-state index in [1.165, 1.54) is 0 Å². The molecule has 96 valence electrons. The fourth-order valence-electron chi connectivity index (χ4n) is 1.42. The second kappa shape index (κ2) is 7.19. The zero-order chi connectivity index (χ0) is 12.7. The van der Waals surface area contributed by atoms with Gasteiger partial charge >= 0.3 is 0 Å². The standard InChI is InChI=1S/C12H22N4O/c1-10(2)8-17-6-5-13-7-12-14-9-15-16(12)11(3)4/h9,11,13H,1,5-8H2,2-4H3. The minimum atomic E-state index is 0.342. The first-order chi connectivity index (χ1) is 8.11. The second-order valence-electron chi connectivity index (χ2n) is 4.40. The molecule has 5 nitrogen and oxygen atoms in total. The molecule has 1 heterocycles. The lowest BCUT2D eigenvalue weighted by Crippen LogP contribution is -2.22. The van der Waals surface area contributed by atoms with Gasteiger partial charge in [-0.05, 0) is 20.8 Å². The zero-order valence-corrected chi connectivity index (χ0v) is 10.9. The van der Waals surface area contributed by atoms with E-state index in [1.807, 2.05) is 11.6 Å². The summed E-state index contributed by atoms with van der Waals surface area (Å²) in [5.74, 6) is 0.958. The van der Waals surface area contributed by atoms with Crippen LogP contribution in [-0.2, 0) is 11.3 Å². The van der Waals surface area contributed by atoms with Crippen LogP contribution in [0.2, 0.25) is 0 Å². The molecule has 0 atom stereocenters. The number of aromatic nitrogens is 3. The Balaban J connectivity index is 2.18. The third kappa shape index (κ3) is 5.10.